The molecule has 2 aromatic carbocycles. The number of hydrogen-bond acceptors (Lipinski definition) is 3. The lowest BCUT2D eigenvalue weighted by Crippen LogP contribution is -2.53. The van der Waals surface area contributed by atoms with Gasteiger partial charge in [-0.15, -0.1) is 0 Å². The van der Waals surface area contributed by atoms with Gasteiger partial charge in [0.15, 0.2) is 0 Å². The first-order valence-corrected chi connectivity index (χ1v) is 10.0. The quantitative estimate of drug-likeness (QED) is 0.793. The van der Waals surface area contributed by atoms with Crippen LogP contribution in [0.1, 0.15) is 18.1 Å². The standard InChI is InChI=1S/C21H25Cl2N3O/c1-16(24-14-18-7-8-19(22)13-20(18)23)21(27)26-11-9-25(10-12-26)15-17-5-3-2-4-6-17/h2-8,13,16,24H,9-12,14-15H2,1H3. The predicted molar refractivity (Wildman–Crippen MR) is 111 cm³/mol. The largest absolute Gasteiger partial charge is 0.339 e. The second-order valence-corrected chi connectivity index (χ2v) is 7.77. The Bertz CT molecular complexity index is 761. The van der Waals surface area contributed by atoms with Crippen LogP contribution < -0.4 is 5.32 Å². The van der Waals surface area contributed by atoms with E-state index in [9.17, 15) is 4.79 Å². The van der Waals surface area contributed by atoms with E-state index in [-0.39, 0.29) is 11.9 Å². The van der Waals surface area contributed by atoms with Gasteiger partial charge in [-0.3, -0.25) is 9.69 Å². The fourth-order valence-corrected chi connectivity index (χ4v) is 3.73. The molecule has 0 aromatic heterocycles. The molecule has 1 N–H and O–H groups in total. The number of piperazine rings is 1. The van der Waals surface area contributed by atoms with Crippen LogP contribution in [0, 0.1) is 0 Å². The van der Waals surface area contributed by atoms with Crippen LogP contribution in [0.5, 0.6) is 0 Å². The third kappa shape index (κ3) is 5.69. The van der Waals surface area contributed by atoms with Gasteiger partial charge in [0.2, 0.25) is 5.91 Å². The van der Waals surface area contributed by atoms with E-state index in [1.807, 2.05) is 30.0 Å². The van der Waals surface area contributed by atoms with Gasteiger partial charge in [0.1, 0.15) is 0 Å². The Morgan fingerprint density at radius 2 is 1.78 bits per heavy atom. The highest BCUT2D eigenvalue weighted by Crippen LogP contribution is 2.21. The Labute approximate surface area is 171 Å². The van der Waals surface area contributed by atoms with Gasteiger partial charge in [-0.25, -0.2) is 0 Å². The van der Waals surface area contributed by atoms with Gasteiger partial charge in [0.25, 0.3) is 0 Å². The molecule has 2 aromatic rings. The molecular weight excluding hydrogens is 381 g/mol. The summed E-state index contributed by atoms with van der Waals surface area (Å²) in [7, 11) is 0. The van der Waals surface area contributed by atoms with Crippen LogP contribution in [0.2, 0.25) is 10.0 Å². The second kappa shape index (κ2) is 9.56. The van der Waals surface area contributed by atoms with Crippen molar-refractivity contribution in [2.24, 2.45) is 0 Å². The normalized spacial score (nSPS) is 16.3. The molecule has 0 radical (unpaired) electrons. The minimum Gasteiger partial charge on any atom is -0.339 e. The molecule has 0 aliphatic carbocycles. The molecule has 0 saturated carbocycles. The molecule has 1 amide bonds. The van der Waals surface area contributed by atoms with E-state index in [0.29, 0.717) is 16.6 Å². The van der Waals surface area contributed by atoms with Crippen molar-refractivity contribution in [1.82, 2.24) is 15.1 Å². The molecule has 1 unspecified atom stereocenters. The second-order valence-electron chi connectivity index (χ2n) is 6.93. The summed E-state index contributed by atoms with van der Waals surface area (Å²) < 4.78 is 0. The molecular formula is C21H25Cl2N3O. The van der Waals surface area contributed by atoms with Crippen LogP contribution in [0.3, 0.4) is 0 Å². The Balaban J connectivity index is 1.45. The Morgan fingerprint density at radius 1 is 1.07 bits per heavy atom. The van der Waals surface area contributed by atoms with Crippen LogP contribution in [-0.4, -0.2) is 47.9 Å². The average Bonchev–Trinajstić information content (AvgIpc) is 2.68. The summed E-state index contributed by atoms with van der Waals surface area (Å²) in [6.45, 7) is 6.70. The fourth-order valence-electron chi connectivity index (χ4n) is 3.26. The number of halogens is 2. The first-order valence-electron chi connectivity index (χ1n) is 9.25. The number of benzene rings is 2. The van der Waals surface area contributed by atoms with Gasteiger partial charge in [-0.2, -0.15) is 0 Å². The number of hydrogen-bond donors (Lipinski definition) is 1. The first-order chi connectivity index (χ1) is 13.0. The number of amides is 1. The molecule has 3 rings (SSSR count). The molecule has 0 bridgehead atoms. The molecule has 1 aliphatic rings. The van der Waals surface area contributed by atoms with Crippen LogP contribution in [0.25, 0.3) is 0 Å². The first kappa shape index (κ1) is 20.2. The van der Waals surface area contributed by atoms with Crippen LogP contribution in [0.4, 0.5) is 0 Å². The van der Waals surface area contributed by atoms with Gasteiger partial charge >= 0.3 is 0 Å². The Kier molecular flexibility index (Phi) is 7.13. The monoisotopic (exact) mass is 405 g/mol. The summed E-state index contributed by atoms with van der Waals surface area (Å²) in [5, 5.41) is 4.50. The van der Waals surface area contributed by atoms with Crippen LogP contribution >= 0.6 is 23.2 Å². The third-order valence-corrected chi connectivity index (χ3v) is 5.50. The molecule has 1 heterocycles. The molecule has 6 heteroatoms. The number of rotatable bonds is 6. The van der Waals surface area contributed by atoms with Crippen molar-refractivity contribution >= 4 is 29.1 Å². The van der Waals surface area contributed by atoms with E-state index < -0.39 is 0 Å². The van der Waals surface area contributed by atoms with Crippen molar-refractivity contribution < 1.29 is 4.79 Å². The minimum absolute atomic E-state index is 0.138. The molecule has 1 fully saturated rings. The van der Waals surface area contributed by atoms with E-state index in [0.717, 1.165) is 38.3 Å². The molecule has 0 spiro atoms. The van der Waals surface area contributed by atoms with Gasteiger partial charge in [-0.1, -0.05) is 59.6 Å². The van der Waals surface area contributed by atoms with Crippen molar-refractivity contribution in [3.05, 3.63) is 69.7 Å². The number of carbonyl (C=O) groups excluding carboxylic acids is 1. The van der Waals surface area contributed by atoms with Crippen molar-refractivity contribution in [2.45, 2.75) is 26.1 Å². The highest BCUT2D eigenvalue weighted by molar-refractivity contribution is 6.35. The smallest absolute Gasteiger partial charge is 0.239 e. The van der Waals surface area contributed by atoms with E-state index in [4.69, 9.17) is 23.2 Å². The van der Waals surface area contributed by atoms with Crippen molar-refractivity contribution in [3.63, 3.8) is 0 Å². The summed E-state index contributed by atoms with van der Waals surface area (Å²) >= 11 is 12.1. The lowest BCUT2D eigenvalue weighted by atomic mass is 10.1. The minimum atomic E-state index is -0.252. The summed E-state index contributed by atoms with van der Waals surface area (Å²) in [4.78, 5) is 17.1. The average molecular weight is 406 g/mol. The van der Waals surface area contributed by atoms with E-state index in [1.54, 1.807) is 6.07 Å². The Hall–Kier alpha value is -1.59. The van der Waals surface area contributed by atoms with Crippen molar-refractivity contribution in [1.29, 1.82) is 0 Å². The van der Waals surface area contributed by atoms with E-state index in [1.165, 1.54) is 5.56 Å². The summed E-state index contributed by atoms with van der Waals surface area (Å²) in [6, 6.07) is 15.6. The molecule has 1 aliphatic heterocycles. The SMILES string of the molecule is CC(NCc1ccc(Cl)cc1Cl)C(=O)N1CCN(Cc2ccccc2)CC1. The summed E-state index contributed by atoms with van der Waals surface area (Å²) in [5.41, 5.74) is 2.25. The van der Waals surface area contributed by atoms with Gasteiger partial charge in [0, 0.05) is 49.3 Å². The maximum Gasteiger partial charge on any atom is 0.239 e. The molecule has 144 valence electrons. The van der Waals surface area contributed by atoms with Crippen molar-refractivity contribution in [3.8, 4) is 0 Å². The van der Waals surface area contributed by atoms with Gasteiger partial charge < -0.3 is 10.2 Å². The lowest BCUT2D eigenvalue weighted by Gasteiger charge is -2.36. The van der Waals surface area contributed by atoms with Crippen LogP contribution in [0.15, 0.2) is 48.5 Å². The van der Waals surface area contributed by atoms with Gasteiger partial charge in [0.05, 0.1) is 6.04 Å². The molecule has 1 saturated heterocycles. The molecule has 27 heavy (non-hydrogen) atoms. The maximum absolute atomic E-state index is 12.7. The number of nitrogens with zero attached hydrogens (tertiary/aromatic N) is 2. The number of nitrogens with one attached hydrogen (secondary N) is 1. The predicted octanol–water partition coefficient (Wildman–Crippen LogP) is 3.82. The maximum atomic E-state index is 12.7. The van der Waals surface area contributed by atoms with E-state index in [2.05, 4.69) is 34.5 Å². The highest BCUT2D eigenvalue weighted by atomic mass is 35.5. The summed E-state index contributed by atoms with van der Waals surface area (Å²) in [6.07, 6.45) is 0. The zero-order chi connectivity index (χ0) is 19.2. The highest BCUT2D eigenvalue weighted by Gasteiger charge is 2.24. The lowest BCUT2D eigenvalue weighted by molar-refractivity contribution is -0.134. The van der Waals surface area contributed by atoms with Crippen LogP contribution in [-0.2, 0) is 17.9 Å². The fraction of sp³-hybridized carbons (Fsp3) is 0.381. The topological polar surface area (TPSA) is 35.6 Å². The molecule has 1 atom stereocenters. The van der Waals surface area contributed by atoms with Crippen molar-refractivity contribution in [2.75, 3.05) is 26.2 Å². The zero-order valence-electron chi connectivity index (χ0n) is 15.5. The summed E-state index contributed by atoms with van der Waals surface area (Å²) in [5.74, 6) is 0.138. The zero-order valence-corrected chi connectivity index (χ0v) is 17.0. The number of carbonyl (C=O) groups is 1. The van der Waals surface area contributed by atoms with E-state index >= 15 is 0 Å². The Morgan fingerprint density at radius 3 is 2.44 bits per heavy atom. The molecule has 4 nitrogen and oxygen atoms in total. The third-order valence-electron chi connectivity index (χ3n) is 4.92. The van der Waals surface area contributed by atoms with Gasteiger partial charge in [-0.05, 0) is 30.2 Å².